The smallest absolute Gasteiger partial charge is 0.271 e. The molecule has 1 aliphatic rings. The third-order valence-corrected chi connectivity index (χ3v) is 4.62. The zero-order valence-corrected chi connectivity index (χ0v) is 15.0. The molecule has 1 aromatic carbocycles. The number of nitrogens with zero attached hydrogens (tertiary/aromatic N) is 3. The molecule has 2 N–H and O–H groups in total. The zero-order chi connectivity index (χ0) is 18.4. The molecule has 0 spiro atoms. The molecule has 3 rings (SSSR count). The van der Waals surface area contributed by atoms with E-state index in [1.165, 1.54) is 0 Å². The lowest BCUT2D eigenvalue weighted by atomic mass is 10.1. The quantitative estimate of drug-likeness (QED) is 0.816. The monoisotopic (exact) mass is 355 g/mol. The van der Waals surface area contributed by atoms with Crippen molar-refractivity contribution in [1.82, 2.24) is 25.3 Å². The number of piperidine rings is 1. The van der Waals surface area contributed by atoms with Crippen molar-refractivity contribution < 1.29 is 9.59 Å². The minimum atomic E-state index is -0.184. The summed E-state index contributed by atoms with van der Waals surface area (Å²) in [5, 5.41) is 9.93. The highest BCUT2D eigenvalue weighted by atomic mass is 16.2. The standard InChI is InChI=1S/C19H25N5O2/c1-20-19(26)17-9-11-24(22-17)16-8-5-10-23(13-16)14-18(25)21-12-15-6-3-2-4-7-15/h2-4,6-7,9,11,16H,5,8,10,12-14H2,1H3,(H,20,26)(H,21,25). The van der Waals surface area contributed by atoms with Crippen molar-refractivity contribution in [2.45, 2.75) is 25.4 Å². The van der Waals surface area contributed by atoms with Crippen LogP contribution in [-0.4, -0.2) is 53.2 Å². The molecule has 1 unspecified atom stereocenters. The summed E-state index contributed by atoms with van der Waals surface area (Å²) in [6.45, 7) is 2.59. The van der Waals surface area contributed by atoms with Gasteiger partial charge in [-0.15, -0.1) is 0 Å². The molecule has 7 heteroatoms. The topological polar surface area (TPSA) is 79.3 Å². The molecule has 2 heterocycles. The molecule has 1 atom stereocenters. The second kappa shape index (κ2) is 8.62. The van der Waals surface area contributed by atoms with Gasteiger partial charge < -0.3 is 10.6 Å². The molecule has 1 aromatic heterocycles. The first-order valence-corrected chi connectivity index (χ1v) is 8.96. The number of hydrogen-bond donors (Lipinski definition) is 2. The number of nitrogens with one attached hydrogen (secondary N) is 2. The summed E-state index contributed by atoms with van der Waals surface area (Å²) in [6, 6.07) is 11.8. The zero-order valence-electron chi connectivity index (χ0n) is 15.0. The maximum Gasteiger partial charge on any atom is 0.271 e. The highest BCUT2D eigenvalue weighted by Crippen LogP contribution is 2.20. The Morgan fingerprint density at radius 1 is 1.23 bits per heavy atom. The van der Waals surface area contributed by atoms with Crippen LogP contribution in [0.4, 0.5) is 0 Å². The van der Waals surface area contributed by atoms with E-state index in [1.54, 1.807) is 13.1 Å². The number of amides is 2. The van der Waals surface area contributed by atoms with Crippen LogP contribution >= 0.6 is 0 Å². The predicted octanol–water partition coefficient (Wildman–Crippen LogP) is 1.20. The Morgan fingerprint density at radius 2 is 2.04 bits per heavy atom. The van der Waals surface area contributed by atoms with Gasteiger partial charge in [-0.2, -0.15) is 5.10 Å². The molecule has 2 amide bonds. The summed E-state index contributed by atoms with van der Waals surface area (Å²) in [4.78, 5) is 26.0. The lowest BCUT2D eigenvalue weighted by Crippen LogP contribution is -2.43. The van der Waals surface area contributed by atoms with Crippen molar-refractivity contribution >= 4 is 11.8 Å². The second-order valence-corrected chi connectivity index (χ2v) is 6.55. The SMILES string of the molecule is CNC(=O)c1ccn(C2CCCN(CC(=O)NCc3ccccc3)C2)n1. The number of carbonyl (C=O) groups is 2. The van der Waals surface area contributed by atoms with Gasteiger partial charge >= 0.3 is 0 Å². The maximum absolute atomic E-state index is 12.2. The summed E-state index contributed by atoms with van der Waals surface area (Å²) in [5.74, 6) is -0.155. The molecule has 0 radical (unpaired) electrons. The van der Waals surface area contributed by atoms with Gasteiger partial charge in [-0.25, -0.2) is 0 Å². The Balaban J connectivity index is 1.51. The van der Waals surface area contributed by atoms with E-state index in [0.29, 0.717) is 18.8 Å². The fourth-order valence-electron chi connectivity index (χ4n) is 3.24. The largest absolute Gasteiger partial charge is 0.354 e. The molecule has 1 saturated heterocycles. The number of hydrogen-bond acceptors (Lipinski definition) is 4. The van der Waals surface area contributed by atoms with Gasteiger partial charge in [-0.05, 0) is 31.0 Å². The van der Waals surface area contributed by atoms with Crippen molar-refractivity contribution in [2.75, 3.05) is 26.7 Å². The average Bonchev–Trinajstić information content (AvgIpc) is 3.17. The molecule has 2 aromatic rings. The van der Waals surface area contributed by atoms with Gasteiger partial charge in [0, 0.05) is 26.3 Å². The predicted molar refractivity (Wildman–Crippen MR) is 98.6 cm³/mol. The van der Waals surface area contributed by atoms with Crippen LogP contribution in [0.3, 0.4) is 0 Å². The van der Waals surface area contributed by atoms with Crippen LogP contribution in [0.15, 0.2) is 42.6 Å². The number of benzene rings is 1. The third-order valence-electron chi connectivity index (χ3n) is 4.62. The van der Waals surface area contributed by atoms with Gasteiger partial charge in [-0.1, -0.05) is 30.3 Å². The summed E-state index contributed by atoms with van der Waals surface area (Å²) in [5.41, 5.74) is 1.51. The third kappa shape index (κ3) is 4.70. The van der Waals surface area contributed by atoms with Crippen LogP contribution in [0.1, 0.15) is 34.9 Å². The molecule has 0 aliphatic carbocycles. The first-order chi connectivity index (χ1) is 12.7. The minimum Gasteiger partial charge on any atom is -0.354 e. The Bertz CT molecular complexity index is 743. The lowest BCUT2D eigenvalue weighted by molar-refractivity contribution is -0.122. The number of rotatable bonds is 6. The number of likely N-dealkylation sites (tertiary alicyclic amines) is 1. The molecular weight excluding hydrogens is 330 g/mol. The van der Waals surface area contributed by atoms with Gasteiger partial charge in [0.25, 0.3) is 5.91 Å². The van der Waals surface area contributed by atoms with E-state index in [1.807, 2.05) is 41.2 Å². The lowest BCUT2D eigenvalue weighted by Gasteiger charge is -2.32. The normalized spacial score (nSPS) is 17.7. The van der Waals surface area contributed by atoms with Crippen molar-refractivity contribution in [3.8, 4) is 0 Å². The number of carbonyl (C=O) groups excluding carboxylic acids is 2. The van der Waals surface area contributed by atoms with E-state index in [9.17, 15) is 9.59 Å². The second-order valence-electron chi connectivity index (χ2n) is 6.55. The Labute approximate surface area is 153 Å². The van der Waals surface area contributed by atoms with Gasteiger partial charge in [0.2, 0.25) is 5.91 Å². The molecule has 26 heavy (non-hydrogen) atoms. The summed E-state index contributed by atoms with van der Waals surface area (Å²) < 4.78 is 1.85. The highest BCUT2D eigenvalue weighted by molar-refractivity contribution is 5.91. The maximum atomic E-state index is 12.2. The molecule has 1 aliphatic heterocycles. The first-order valence-electron chi connectivity index (χ1n) is 8.96. The van der Waals surface area contributed by atoms with Crippen molar-refractivity contribution in [1.29, 1.82) is 0 Å². The van der Waals surface area contributed by atoms with Crippen LogP contribution in [0.5, 0.6) is 0 Å². The molecule has 1 fully saturated rings. The van der Waals surface area contributed by atoms with Gasteiger partial charge in [-0.3, -0.25) is 19.2 Å². The molecular formula is C19H25N5O2. The Hall–Kier alpha value is -2.67. The summed E-state index contributed by atoms with van der Waals surface area (Å²) in [6.07, 6.45) is 3.84. The highest BCUT2D eigenvalue weighted by Gasteiger charge is 2.24. The van der Waals surface area contributed by atoms with Crippen LogP contribution in [0, 0.1) is 0 Å². The van der Waals surface area contributed by atoms with Crippen LogP contribution in [0.25, 0.3) is 0 Å². The fraction of sp³-hybridized carbons (Fsp3) is 0.421. The van der Waals surface area contributed by atoms with Crippen molar-refractivity contribution in [3.63, 3.8) is 0 Å². The summed E-state index contributed by atoms with van der Waals surface area (Å²) >= 11 is 0. The van der Waals surface area contributed by atoms with E-state index in [-0.39, 0.29) is 17.9 Å². The number of aromatic nitrogens is 2. The van der Waals surface area contributed by atoms with Gasteiger partial charge in [0.15, 0.2) is 0 Å². The Kier molecular flexibility index (Phi) is 6.01. The fourth-order valence-corrected chi connectivity index (χ4v) is 3.24. The summed E-state index contributed by atoms with van der Waals surface area (Å²) in [7, 11) is 1.59. The van der Waals surface area contributed by atoms with Crippen molar-refractivity contribution in [2.24, 2.45) is 0 Å². The van der Waals surface area contributed by atoms with Gasteiger partial charge in [0.05, 0.1) is 12.6 Å². The average molecular weight is 355 g/mol. The first kappa shape index (κ1) is 18.1. The van der Waals surface area contributed by atoms with E-state index in [4.69, 9.17) is 0 Å². The van der Waals surface area contributed by atoms with E-state index in [2.05, 4.69) is 20.6 Å². The molecule has 0 saturated carbocycles. The van der Waals surface area contributed by atoms with Gasteiger partial charge in [0.1, 0.15) is 5.69 Å². The van der Waals surface area contributed by atoms with E-state index in [0.717, 1.165) is 31.5 Å². The molecule has 0 bridgehead atoms. The van der Waals surface area contributed by atoms with Crippen LogP contribution < -0.4 is 10.6 Å². The minimum absolute atomic E-state index is 0.0287. The molecule has 7 nitrogen and oxygen atoms in total. The Morgan fingerprint density at radius 3 is 2.81 bits per heavy atom. The van der Waals surface area contributed by atoms with Crippen LogP contribution in [-0.2, 0) is 11.3 Å². The molecule has 138 valence electrons. The van der Waals surface area contributed by atoms with E-state index >= 15 is 0 Å². The van der Waals surface area contributed by atoms with Crippen molar-refractivity contribution in [3.05, 3.63) is 53.9 Å². The van der Waals surface area contributed by atoms with Crippen LogP contribution in [0.2, 0.25) is 0 Å². The van der Waals surface area contributed by atoms with E-state index < -0.39 is 0 Å².